The summed E-state index contributed by atoms with van der Waals surface area (Å²) in [4.78, 5) is 12.2. The second-order valence-electron chi connectivity index (χ2n) is 7.91. The summed E-state index contributed by atoms with van der Waals surface area (Å²) in [6.07, 6.45) is 0.971. The fraction of sp³-hybridized carbons (Fsp3) is 0.360. The molecule has 1 fully saturated rings. The molecule has 1 aliphatic rings. The fourth-order valence-corrected chi connectivity index (χ4v) is 3.50. The van der Waals surface area contributed by atoms with E-state index in [2.05, 4.69) is 16.5 Å². The summed E-state index contributed by atoms with van der Waals surface area (Å²) >= 11 is 0. The molecule has 168 valence electrons. The van der Waals surface area contributed by atoms with Crippen molar-refractivity contribution in [1.82, 2.24) is 10.5 Å². The summed E-state index contributed by atoms with van der Waals surface area (Å²) in [6, 6.07) is 19.8. The zero-order valence-electron chi connectivity index (χ0n) is 18.0. The van der Waals surface area contributed by atoms with E-state index in [0.717, 1.165) is 29.7 Å². The van der Waals surface area contributed by atoms with E-state index < -0.39 is 0 Å². The lowest BCUT2D eigenvalue weighted by atomic mass is 10.1. The number of nitrogens with one attached hydrogen (secondary N) is 1. The largest absolute Gasteiger partial charge is 0.381 e. The SMILES string of the molecule is O=C(NCC1CCOC1)c1cc(COCc2cccc(COCc3ccccc3)c2)on1. The third-order valence-corrected chi connectivity index (χ3v) is 5.25. The number of hydrogen-bond donors (Lipinski definition) is 1. The maximum absolute atomic E-state index is 12.2. The van der Waals surface area contributed by atoms with Crippen LogP contribution in [0.5, 0.6) is 0 Å². The van der Waals surface area contributed by atoms with Gasteiger partial charge in [-0.3, -0.25) is 4.79 Å². The van der Waals surface area contributed by atoms with E-state index in [1.165, 1.54) is 0 Å². The Kier molecular flexibility index (Phi) is 8.03. The van der Waals surface area contributed by atoms with Gasteiger partial charge in [0.05, 0.1) is 26.4 Å². The first-order chi connectivity index (χ1) is 15.8. The summed E-state index contributed by atoms with van der Waals surface area (Å²) < 4.78 is 22.1. The van der Waals surface area contributed by atoms with Gasteiger partial charge >= 0.3 is 0 Å². The maximum atomic E-state index is 12.2. The second kappa shape index (κ2) is 11.6. The third-order valence-electron chi connectivity index (χ3n) is 5.25. The van der Waals surface area contributed by atoms with Crippen LogP contribution in [0.3, 0.4) is 0 Å². The highest BCUT2D eigenvalue weighted by Crippen LogP contribution is 2.13. The average molecular weight is 437 g/mol. The van der Waals surface area contributed by atoms with Gasteiger partial charge in [0.25, 0.3) is 5.91 Å². The molecule has 3 aromatic rings. The first-order valence-corrected chi connectivity index (χ1v) is 10.8. The van der Waals surface area contributed by atoms with E-state index in [1.807, 2.05) is 48.5 Å². The van der Waals surface area contributed by atoms with Crippen LogP contribution in [0.15, 0.2) is 65.2 Å². The molecule has 0 aliphatic carbocycles. The van der Waals surface area contributed by atoms with Crippen molar-refractivity contribution >= 4 is 5.91 Å². The third kappa shape index (κ3) is 6.75. The van der Waals surface area contributed by atoms with E-state index in [1.54, 1.807) is 6.07 Å². The lowest BCUT2D eigenvalue weighted by Gasteiger charge is -2.07. The zero-order chi connectivity index (χ0) is 22.0. The van der Waals surface area contributed by atoms with Gasteiger partial charge in [-0.15, -0.1) is 0 Å². The Labute approximate surface area is 187 Å². The molecule has 32 heavy (non-hydrogen) atoms. The Morgan fingerprint density at radius 1 is 0.938 bits per heavy atom. The molecule has 1 amide bonds. The number of carbonyl (C=O) groups excluding carboxylic acids is 1. The van der Waals surface area contributed by atoms with E-state index in [4.69, 9.17) is 18.7 Å². The van der Waals surface area contributed by atoms with Gasteiger partial charge in [-0.2, -0.15) is 0 Å². The number of ether oxygens (including phenoxy) is 3. The van der Waals surface area contributed by atoms with Crippen molar-refractivity contribution in [3.05, 3.63) is 88.8 Å². The molecule has 1 saturated heterocycles. The Morgan fingerprint density at radius 3 is 2.41 bits per heavy atom. The van der Waals surface area contributed by atoms with Gasteiger partial charge in [-0.1, -0.05) is 59.8 Å². The molecule has 0 saturated carbocycles. The standard InChI is InChI=1S/C25H28N2O5/c28-25(26-13-22-9-10-29-17-22)24-12-23(32-27-24)18-31-16-21-8-4-7-20(11-21)15-30-14-19-5-2-1-3-6-19/h1-8,11-12,22H,9-10,13-18H2,(H,26,28). The molecule has 1 atom stereocenters. The molecule has 0 bridgehead atoms. The number of carbonyl (C=O) groups is 1. The lowest BCUT2D eigenvalue weighted by molar-refractivity contribution is 0.0871. The maximum Gasteiger partial charge on any atom is 0.273 e. The lowest BCUT2D eigenvalue weighted by Crippen LogP contribution is -2.29. The average Bonchev–Trinajstić information content (AvgIpc) is 3.51. The monoisotopic (exact) mass is 436 g/mol. The van der Waals surface area contributed by atoms with Crippen molar-refractivity contribution in [2.24, 2.45) is 5.92 Å². The van der Waals surface area contributed by atoms with E-state index >= 15 is 0 Å². The summed E-state index contributed by atoms with van der Waals surface area (Å²) in [5, 5.41) is 6.72. The number of nitrogens with zero attached hydrogens (tertiary/aromatic N) is 1. The number of benzene rings is 2. The molecule has 1 N–H and O–H groups in total. The quantitative estimate of drug-likeness (QED) is 0.491. The van der Waals surface area contributed by atoms with Gasteiger partial charge in [0.2, 0.25) is 0 Å². The summed E-state index contributed by atoms with van der Waals surface area (Å²) in [7, 11) is 0. The minimum atomic E-state index is -0.241. The molecule has 0 spiro atoms. The van der Waals surface area contributed by atoms with Crippen LogP contribution in [0, 0.1) is 5.92 Å². The Bertz CT molecular complexity index is 983. The van der Waals surface area contributed by atoms with Gasteiger partial charge in [0, 0.05) is 25.1 Å². The predicted octanol–water partition coefficient (Wildman–Crippen LogP) is 3.87. The molecule has 7 heteroatoms. The molecular weight excluding hydrogens is 408 g/mol. The number of rotatable bonds is 11. The van der Waals surface area contributed by atoms with Gasteiger partial charge in [0.15, 0.2) is 11.5 Å². The highest BCUT2D eigenvalue weighted by Gasteiger charge is 2.18. The molecule has 0 radical (unpaired) electrons. The second-order valence-corrected chi connectivity index (χ2v) is 7.91. The number of hydrogen-bond acceptors (Lipinski definition) is 6. The van der Waals surface area contributed by atoms with Crippen molar-refractivity contribution in [1.29, 1.82) is 0 Å². The molecule has 2 aromatic carbocycles. The Morgan fingerprint density at radius 2 is 1.66 bits per heavy atom. The summed E-state index contributed by atoms with van der Waals surface area (Å²) in [5.41, 5.74) is 3.55. The van der Waals surface area contributed by atoms with E-state index in [0.29, 0.717) is 44.7 Å². The smallest absolute Gasteiger partial charge is 0.273 e. The van der Waals surface area contributed by atoms with Gasteiger partial charge in [-0.05, 0) is 23.1 Å². The topological polar surface area (TPSA) is 82.8 Å². The molecule has 1 aromatic heterocycles. The normalized spacial score (nSPS) is 15.7. The Balaban J connectivity index is 1.18. The van der Waals surface area contributed by atoms with Gasteiger partial charge in [-0.25, -0.2) is 0 Å². The van der Waals surface area contributed by atoms with E-state index in [9.17, 15) is 4.79 Å². The van der Waals surface area contributed by atoms with Crippen LogP contribution in [0.2, 0.25) is 0 Å². The minimum Gasteiger partial charge on any atom is -0.381 e. The van der Waals surface area contributed by atoms with Crippen LogP contribution < -0.4 is 5.32 Å². The molecule has 1 unspecified atom stereocenters. The van der Waals surface area contributed by atoms with Crippen molar-refractivity contribution in [3.8, 4) is 0 Å². The van der Waals surface area contributed by atoms with Crippen molar-refractivity contribution in [2.45, 2.75) is 32.8 Å². The van der Waals surface area contributed by atoms with Gasteiger partial charge < -0.3 is 24.1 Å². The number of aromatic nitrogens is 1. The first-order valence-electron chi connectivity index (χ1n) is 10.8. The predicted molar refractivity (Wildman–Crippen MR) is 118 cm³/mol. The highest BCUT2D eigenvalue weighted by molar-refractivity contribution is 5.92. The van der Waals surface area contributed by atoms with Crippen LogP contribution in [0.1, 0.15) is 39.4 Å². The number of amides is 1. The molecule has 1 aliphatic heterocycles. The molecular formula is C25H28N2O5. The zero-order valence-corrected chi connectivity index (χ0v) is 18.0. The Hall–Kier alpha value is -3.00. The van der Waals surface area contributed by atoms with E-state index in [-0.39, 0.29) is 18.2 Å². The summed E-state index contributed by atoms with van der Waals surface area (Å²) in [6.45, 7) is 3.83. The molecule has 4 rings (SSSR count). The highest BCUT2D eigenvalue weighted by atomic mass is 16.5. The minimum absolute atomic E-state index is 0.241. The van der Waals surface area contributed by atoms with Crippen molar-refractivity contribution < 1.29 is 23.5 Å². The van der Waals surface area contributed by atoms with Crippen LogP contribution >= 0.6 is 0 Å². The van der Waals surface area contributed by atoms with Crippen LogP contribution in [0.25, 0.3) is 0 Å². The summed E-state index contributed by atoms with van der Waals surface area (Å²) in [5.74, 6) is 0.643. The first kappa shape index (κ1) is 22.2. The van der Waals surface area contributed by atoms with Crippen LogP contribution in [-0.4, -0.2) is 30.8 Å². The molecule has 2 heterocycles. The van der Waals surface area contributed by atoms with Crippen molar-refractivity contribution in [3.63, 3.8) is 0 Å². The van der Waals surface area contributed by atoms with Crippen LogP contribution in [-0.2, 0) is 40.6 Å². The molecule has 7 nitrogen and oxygen atoms in total. The van der Waals surface area contributed by atoms with Crippen LogP contribution in [0.4, 0.5) is 0 Å². The van der Waals surface area contributed by atoms with Crippen molar-refractivity contribution in [2.75, 3.05) is 19.8 Å². The van der Waals surface area contributed by atoms with Gasteiger partial charge in [0.1, 0.15) is 6.61 Å². The fourth-order valence-electron chi connectivity index (χ4n) is 3.50.